The number of aromatic nitrogens is 2. The second kappa shape index (κ2) is 53.8. The number of anilines is 2. The van der Waals surface area contributed by atoms with Crippen LogP contribution in [0.2, 0.25) is 10.0 Å². The van der Waals surface area contributed by atoms with Crippen molar-refractivity contribution in [1.82, 2.24) is 34.9 Å². The number of amides is 1. The van der Waals surface area contributed by atoms with E-state index in [0.29, 0.717) is 68.5 Å². The zero-order valence-electron chi connectivity index (χ0n) is 89.7. The Balaban J connectivity index is 0.000000307. The van der Waals surface area contributed by atoms with Gasteiger partial charge < -0.3 is 154 Å². The number of aliphatic hydroxyl groups is 8. The minimum atomic E-state index is -1.83. The first-order chi connectivity index (χ1) is 66.8. The molecule has 143 heavy (non-hydrogen) atoms. The molecule has 14 N–H and O–H groups in total. The standard InChI is InChI=1S/C52H86ClN5O13.C41H79N3O12.C11H9ClN2O2/c1-15-40-52(10,64)45(60)33(6)58(13)28-29(2)25-50(8,63)47(31(4)43(32(5)48(62)69-40)70-42-26-51(9,65-14)46(61)34(7)68-42)71-49-44(39(57(11)12)23-30(3)67-49)66-22-16-20-55-41(59)27-56-37-19-21-54-38-24-35(53)17-18-36(37)38;1-15-30-41(10,49)34(45)27(6)44(13)22-23(2)20-39(8,48)36(56-38-33(51-18-16-17-42)29(43(11)12)19-24(3)52-38)25(4)32(26(5)37(47)54-30)55-31-21-40(9,50-14)35(46)28(7)53-31;12-7-1-2-8-9(14-6-11(15)16)3-4-13-10(8)5-7/h17-19,21,24,29-34,39-40,42-47,49,60-61,63-64H,15-16,20,22-23,25-28H2,1-14H3,(H,54,56)(H,55,59);23-36,38,45-46,48-49H,15-22,42H2,1-14H3;1-5H,6H2,(H,13,14)(H,15,16)/t29-,30-,31+,32-,33-,34+,39+,40-,42+,43+,44-,45-,46+,47-,49+,50-,51-,52-;23-,24-,25+,26-,27-,28+,29+,30-,31+,32+,33-,34-,35+,36-,38+,39-,40-,41-;/m11./s1. The van der Waals surface area contributed by atoms with Crippen molar-refractivity contribution in [1.29, 1.82) is 0 Å². The number of likely N-dealkylation sites (N-methyl/N-ethyl adjacent to an activating group) is 4. The third-order valence-corrected chi connectivity index (χ3v) is 30.7. The van der Waals surface area contributed by atoms with Gasteiger partial charge in [-0.15, -0.1) is 0 Å². The average Bonchev–Trinajstić information content (AvgIpc) is 1.77. The Bertz CT molecular complexity index is 4620. The number of hydrogen-bond acceptors (Lipinski definition) is 35. The Labute approximate surface area is 857 Å². The number of halogens is 2. The van der Waals surface area contributed by atoms with Gasteiger partial charge in [0.2, 0.25) is 5.91 Å². The molecule has 0 radical (unpaired) electrons. The third-order valence-electron chi connectivity index (χ3n) is 30.3. The molecule has 0 saturated carbocycles. The van der Waals surface area contributed by atoms with Crippen LogP contribution in [0.5, 0.6) is 0 Å². The first-order valence-corrected chi connectivity index (χ1v) is 51.7. The number of nitrogens with one attached hydrogen (secondary N) is 3. The summed E-state index contributed by atoms with van der Waals surface area (Å²) in [5.74, 6) is -6.29. The van der Waals surface area contributed by atoms with Gasteiger partial charge in [-0.05, 0) is 257 Å². The normalized spacial score (nSPS) is 39.1. The number of carboxylic acid groups (broad SMARTS) is 1. The van der Waals surface area contributed by atoms with Crippen molar-refractivity contribution >= 4 is 80.2 Å². The number of carbonyl (C=O) groups is 4. The van der Waals surface area contributed by atoms with Gasteiger partial charge in [-0.1, -0.05) is 64.7 Å². The SMILES string of the molecule is CC[C@H]1OC(=O)[C@H](C)[C@@H](O[C@H]2C[C@@](C)(OC)[C@@H](O)[C@H](C)O2)[C@H](C)[C@@H](O[C@@H]2O[C@H](C)C[C@H](N(C)C)[C@H]2OCCCN)[C@](C)(O)C[C@@H](C)CN(C)[C@H](C)[C@@H](O)[C@]1(C)O.CC[C@H]1OC(=O)[C@H](C)[C@@H](O[C@H]2C[C@@](C)(OC)[C@@H](O)[C@H](C)O2)[C@H](C)[C@@H](O[C@@H]2O[C@H](C)C[C@H](N(C)C)[C@H]2OCCCNC(=O)CNc2ccnc3cc(Cl)ccc23)[C@](C)(O)C[C@@H](C)CN(C)[C@H](C)[C@@H](O)[C@]1(C)O.O=C(O)CNc1ccnc2cc(Cl)ccc12. The lowest BCUT2D eigenvalue weighted by Crippen LogP contribution is -2.61. The highest BCUT2D eigenvalue weighted by Crippen LogP contribution is 2.45. The molecule has 39 heteroatoms. The lowest BCUT2D eigenvalue weighted by Gasteiger charge is -2.49. The summed E-state index contributed by atoms with van der Waals surface area (Å²) in [5, 5.41) is 115. The number of benzene rings is 2. The Kier molecular flexibility index (Phi) is 46.1. The van der Waals surface area contributed by atoms with Gasteiger partial charge in [-0.3, -0.25) is 29.1 Å². The lowest BCUT2D eigenvalue weighted by atomic mass is 9.77. The van der Waals surface area contributed by atoms with E-state index < -0.39 is 198 Å². The van der Waals surface area contributed by atoms with E-state index in [2.05, 4.69) is 35.7 Å². The van der Waals surface area contributed by atoms with Crippen molar-refractivity contribution in [3.63, 3.8) is 0 Å². The van der Waals surface area contributed by atoms with Gasteiger partial charge in [0.05, 0.1) is 101 Å². The molecule has 0 bridgehead atoms. The quantitative estimate of drug-likeness (QED) is 0.0178. The smallest absolute Gasteiger partial charge is 0.322 e. The van der Waals surface area contributed by atoms with Crippen LogP contribution in [0.15, 0.2) is 60.9 Å². The largest absolute Gasteiger partial charge is 0.480 e. The number of pyridine rings is 2. The van der Waals surface area contributed by atoms with E-state index in [1.807, 2.05) is 126 Å². The van der Waals surface area contributed by atoms with Crippen LogP contribution in [-0.2, 0) is 85.5 Å². The molecule has 37 nitrogen and oxygen atoms in total. The van der Waals surface area contributed by atoms with Gasteiger partial charge >= 0.3 is 17.9 Å². The van der Waals surface area contributed by atoms with Gasteiger partial charge in [-0.2, -0.15) is 0 Å². The van der Waals surface area contributed by atoms with Crippen LogP contribution >= 0.6 is 23.2 Å². The minimum Gasteiger partial charge on any atom is -0.480 e. The molecule has 2 aromatic heterocycles. The number of ether oxygens (including phenoxy) is 14. The van der Waals surface area contributed by atoms with E-state index >= 15 is 0 Å². The fourth-order valence-electron chi connectivity index (χ4n) is 21.6. The molecule has 0 spiro atoms. The number of carboxylic acids is 1. The molecule has 1 amide bonds. The summed E-state index contributed by atoms with van der Waals surface area (Å²) in [5.41, 5.74) is -0.0195. The molecule has 6 saturated heterocycles. The predicted octanol–water partition coefficient (Wildman–Crippen LogP) is 9.40. The molecule has 0 aliphatic carbocycles. The number of nitrogens with zero attached hydrogens (tertiary/aromatic N) is 6. The highest BCUT2D eigenvalue weighted by Gasteiger charge is 2.57. The number of aliphatic carboxylic acids is 1. The third kappa shape index (κ3) is 32.0. The number of cyclic esters (lactones) is 2. The number of hydrogen-bond donors (Lipinski definition) is 13. The van der Waals surface area contributed by atoms with Crippen LogP contribution in [0.25, 0.3) is 21.8 Å². The summed E-state index contributed by atoms with van der Waals surface area (Å²) in [7, 11) is 14.7. The fraction of sp³-hybridized carbons (Fsp3) is 0.788. The lowest BCUT2D eigenvalue weighted by molar-refractivity contribution is -0.321. The Hall–Kier alpha value is -5.68. The molecule has 6 fully saturated rings. The zero-order valence-corrected chi connectivity index (χ0v) is 91.2. The Morgan fingerprint density at radius 1 is 0.531 bits per heavy atom. The number of fused-ring (bicyclic) bond motifs is 2. The molecule has 6 aliphatic rings. The predicted molar refractivity (Wildman–Crippen MR) is 545 cm³/mol. The Morgan fingerprint density at radius 2 is 0.909 bits per heavy atom. The van der Waals surface area contributed by atoms with Crippen LogP contribution in [0.4, 0.5) is 11.4 Å². The number of carbonyl (C=O) groups excluding carboxylic acids is 3. The molecule has 8 heterocycles. The van der Waals surface area contributed by atoms with Gasteiger partial charge in [0.1, 0.15) is 66.6 Å². The topological polar surface area (TPSA) is 480 Å². The van der Waals surface area contributed by atoms with Crippen LogP contribution < -0.4 is 21.7 Å². The van der Waals surface area contributed by atoms with Crippen molar-refractivity contribution < 1.29 is 131 Å². The van der Waals surface area contributed by atoms with Gasteiger partial charge in [0.25, 0.3) is 0 Å². The molecule has 816 valence electrons. The van der Waals surface area contributed by atoms with Crippen molar-refractivity contribution in [2.24, 2.45) is 41.2 Å². The van der Waals surface area contributed by atoms with Crippen LogP contribution in [0.1, 0.15) is 203 Å². The summed E-state index contributed by atoms with van der Waals surface area (Å²) in [4.78, 5) is 68.9. The van der Waals surface area contributed by atoms with E-state index in [0.717, 1.165) is 33.2 Å². The molecular formula is C104H174Cl2N10O27. The summed E-state index contributed by atoms with van der Waals surface area (Å²) in [6.07, 6.45) is -10.7. The maximum Gasteiger partial charge on any atom is 0.322 e. The van der Waals surface area contributed by atoms with Crippen molar-refractivity contribution in [2.45, 2.75) is 383 Å². The van der Waals surface area contributed by atoms with Gasteiger partial charge in [0.15, 0.2) is 25.2 Å². The van der Waals surface area contributed by atoms with E-state index in [4.69, 9.17) is 100 Å². The summed E-state index contributed by atoms with van der Waals surface area (Å²) < 4.78 is 90.5. The van der Waals surface area contributed by atoms with E-state index in [-0.39, 0.29) is 100 Å². The second-order valence-corrected chi connectivity index (χ2v) is 43.9. The molecule has 4 aromatic rings. The zero-order chi connectivity index (χ0) is 107. The van der Waals surface area contributed by atoms with E-state index in [1.165, 1.54) is 28.1 Å². The average molecular weight is 2070 g/mol. The molecular weight excluding hydrogens is 1890 g/mol. The van der Waals surface area contributed by atoms with Crippen molar-refractivity contribution in [2.75, 3.05) is 120 Å². The number of methoxy groups -OCH3 is 2. The first-order valence-electron chi connectivity index (χ1n) is 50.9. The maximum absolute atomic E-state index is 14.6. The highest BCUT2D eigenvalue weighted by molar-refractivity contribution is 6.31. The van der Waals surface area contributed by atoms with Gasteiger partial charge in [-0.25, -0.2) is 0 Å². The summed E-state index contributed by atoms with van der Waals surface area (Å²) >= 11 is 12.0. The first kappa shape index (κ1) is 123. The number of aliphatic hydroxyl groups excluding tert-OH is 4. The maximum atomic E-state index is 14.6. The number of esters is 2. The monoisotopic (exact) mass is 2070 g/mol. The van der Waals surface area contributed by atoms with Crippen LogP contribution in [-0.4, -0.2) is 389 Å². The van der Waals surface area contributed by atoms with Crippen LogP contribution in [0, 0.1) is 35.5 Å². The second-order valence-electron chi connectivity index (χ2n) is 43.0. The summed E-state index contributed by atoms with van der Waals surface area (Å²) in [6, 6.07) is 12.9. The summed E-state index contributed by atoms with van der Waals surface area (Å²) in [6.45, 7) is 38.0. The van der Waals surface area contributed by atoms with Gasteiger partial charge in [0, 0.05) is 140 Å². The number of nitrogens with two attached hydrogens (primary N) is 1. The number of rotatable bonds is 29. The Morgan fingerprint density at radius 3 is 1.27 bits per heavy atom. The molecule has 36 atom stereocenters. The molecule has 6 aliphatic heterocycles. The molecule has 0 unspecified atom stereocenters. The van der Waals surface area contributed by atoms with E-state index in [1.54, 1.807) is 112 Å². The molecule has 2 aromatic carbocycles. The van der Waals surface area contributed by atoms with E-state index in [9.17, 15) is 60.0 Å². The van der Waals surface area contributed by atoms with Crippen molar-refractivity contribution in [3.8, 4) is 0 Å². The van der Waals surface area contributed by atoms with Crippen molar-refractivity contribution in [3.05, 3.63) is 71.0 Å². The fourth-order valence-corrected chi connectivity index (χ4v) is 21.9. The molecule has 10 rings (SSSR count). The highest BCUT2D eigenvalue weighted by atomic mass is 35.5. The minimum absolute atomic E-state index is 0.0472. The van der Waals surface area contributed by atoms with Crippen LogP contribution in [0.3, 0.4) is 0 Å².